The summed E-state index contributed by atoms with van der Waals surface area (Å²) in [5.41, 5.74) is 1.32. The molecule has 4 heteroatoms. The molecule has 1 aromatic carbocycles. The molecule has 2 fully saturated rings. The van der Waals surface area contributed by atoms with Crippen LogP contribution in [0.15, 0.2) is 24.3 Å². The summed E-state index contributed by atoms with van der Waals surface area (Å²) in [6.45, 7) is 0. The van der Waals surface area contributed by atoms with Crippen molar-refractivity contribution in [3.05, 3.63) is 29.8 Å². The molecule has 2 saturated heterocycles. The fourth-order valence-electron chi connectivity index (χ4n) is 4.50. The van der Waals surface area contributed by atoms with Gasteiger partial charge in [-0.3, -0.25) is 0 Å². The summed E-state index contributed by atoms with van der Waals surface area (Å²) >= 11 is -2.01. The number of methoxy groups -OCH3 is 1. The van der Waals surface area contributed by atoms with Gasteiger partial charge in [0, 0.05) is 0 Å². The average molecular weight is 422 g/mol. The van der Waals surface area contributed by atoms with Gasteiger partial charge < -0.3 is 0 Å². The van der Waals surface area contributed by atoms with E-state index in [0.717, 1.165) is 12.8 Å². The van der Waals surface area contributed by atoms with E-state index in [1.807, 2.05) is 0 Å². The molecule has 2 aliphatic heterocycles. The van der Waals surface area contributed by atoms with Crippen LogP contribution in [-0.2, 0) is 9.53 Å². The molecule has 0 spiro atoms. The van der Waals surface area contributed by atoms with E-state index in [0.29, 0.717) is 18.0 Å². The second-order valence-electron chi connectivity index (χ2n) is 8.23. The van der Waals surface area contributed by atoms with Crippen molar-refractivity contribution >= 4 is 27.9 Å². The van der Waals surface area contributed by atoms with Crippen molar-refractivity contribution in [2.75, 3.05) is 14.2 Å². The Bertz CT molecular complexity index is 578. The van der Waals surface area contributed by atoms with Crippen molar-refractivity contribution in [2.45, 2.75) is 52.1 Å². The first kappa shape index (κ1) is 17.3. The first-order valence-corrected chi connectivity index (χ1v) is 18.7. The van der Waals surface area contributed by atoms with Crippen LogP contribution < -0.4 is 3.58 Å². The summed E-state index contributed by atoms with van der Waals surface area (Å²) < 4.78 is 6.71. The number of carbonyl (C=O) groups is 1. The minimum atomic E-state index is -2.01. The first-order valence-electron chi connectivity index (χ1n) is 8.73. The number of piperidine rings is 1. The SMILES string of the molecule is COC(=O)[C@H]1[C@@H](c2cc[c]([Sn]([CH3])([CH3])[CH3])cc2)C[C@@H]2CC[C@H]1N2C. The van der Waals surface area contributed by atoms with Crippen molar-refractivity contribution in [3.63, 3.8) is 0 Å². The summed E-state index contributed by atoms with van der Waals surface area (Å²) in [6.07, 6.45) is 3.40. The number of rotatable bonds is 3. The number of nitrogens with zero attached hydrogens (tertiary/aromatic N) is 1. The number of ether oxygens (including phenoxy) is 1. The summed E-state index contributed by atoms with van der Waals surface area (Å²) in [7, 11) is 3.70. The van der Waals surface area contributed by atoms with Crippen molar-refractivity contribution < 1.29 is 9.53 Å². The molecule has 1 aromatic rings. The van der Waals surface area contributed by atoms with Crippen LogP contribution in [0.1, 0.15) is 30.7 Å². The Hall–Kier alpha value is -0.551. The van der Waals surface area contributed by atoms with Crippen molar-refractivity contribution in [3.8, 4) is 0 Å². The molecule has 0 radical (unpaired) electrons. The molecule has 0 aliphatic carbocycles. The van der Waals surface area contributed by atoms with Gasteiger partial charge in [-0.05, 0) is 0 Å². The van der Waals surface area contributed by atoms with Crippen LogP contribution in [-0.4, -0.2) is 55.5 Å². The normalized spacial score (nSPS) is 31.2. The zero-order valence-corrected chi connectivity index (χ0v) is 17.9. The third-order valence-corrected chi connectivity index (χ3v) is 11.8. The van der Waals surface area contributed by atoms with Gasteiger partial charge in [-0.25, -0.2) is 0 Å². The van der Waals surface area contributed by atoms with Crippen molar-refractivity contribution in [1.82, 2.24) is 4.90 Å². The van der Waals surface area contributed by atoms with Gasteiger partial charge >= 0.3 is 144 Å². The third-order valence-electron chi connectivity index (χ3n) is 5.95. The van der Waals surface area contributed by atoms with Gasteiger partial charge in [0.25, 0.3) is 0 Å². The zero-order chi connectivity index (χ0) is 16.8. The fourth-order valence-corrected chi connectivity index (χ4v) is 7.83. The van der Waals surface area contributed by atoms with E-state index < -0.39 is 18.4 Å². The maximum absolute atomic E-state index is 12.5. The average Bonchev–Trinajstić information content (AvgIpc) is 2.75. The molecule has 2 aliphatic rings. The monoisotopic (exact) mass is 423 g/mol. The van der Waals surface area contributed by atoms with Crippen LogP contribution in [0, 0.1) is 5.92 Å². The van der Waals surface area contributed by atoms with Crippen molar-refractivity contribution in [2.24, 2.45) is 5.92 Å². The summed E-state index contributed by atoms with van der Waals surface area (Å²) in [5.74, 6) is 0.249. The van der Waals surface area contributed by atoms with E-state index in [9.17, 15) is 4.79 Å². The Kier molecular flexibility index (Phi) is 4.80. The topological polar surface area (TPSA) is 29.5 Å². The Morgan fingerprint density at radius 2 is 1.83 bits per heavy atom. The number of hydrogen-bond acceptors (Lipinski definition) is 3. The predicted molar refractivity (Wildman–Crippen MR) is 96.9 cm³/mol. The van der Waals surface area contributed by atoms with Crippen LogP contribution in [0.4, 0.5) is 0 Å². The van der Waals surface area contributed by atoms with Gasteiger partial charge in [-0.1, -0.05) is 0 Å². The molecule has 2 bridgehead atoms. The number of fused-ring (bicyclic) bond motifs is 2. The number of hydrogen-bond donors (Lipinski definition) is 0. The van der Waals surface area contributed by atoms with Gasteiger partial charge in [0.15, 0.2) is 0 Å². The van der Waals surface area contributed by atoms with Crippen molar-refractivity contribution in [1.29, 1.82) is 0 Å². The predicted octanol–water partition coefficient (Wildman–Crippen LogP) is 2.97. The minimum absolute atomic E-state index is 0.0206. The summed E-state index contributed by atoms with van der Waals surface area (Å²) in [5, 5.41) is 0. The van der Waals surface area contributed by atoms with Gasteiger partial charge in [0.1, 0.15) is 0 Å². The number of benzene rings is 1. The summed E-state index contributed by atoms with van der Waals surface area (Å²) in [6, 6.07) is 10.2. The quantitative estimate of drug-likeness (QED) is 0.555. The van der Waals surface area contributed by atoms with E-state index in [2.05, 4.69) is 51.0 Å². The van der Waals surface area contributed by atoms with Crippen LogP contribution in [0.2, 0.25) is 14.8 Å². The fraction of sp³-hybridized carbons (Fsp3) is 0.632. The molecule has 0 aromatic heterocycles. The van der Waals surface area contributed by atoms with E-state index >= 15 is 0 Å². The molecule has 0 amide bonds. The molecule has 3 nitrogen and oxygen atoms in total. The molecule has 0 unspecified atom stereocenters. The van der Waals surface area contributed by atoms with E-state index in [-0.39, 0.29) is 11.9 Å². The zero-order valence-electron chi connectivity index (χ0n) is 15.0. The Morgan fingerprint density at radius 3 is 2.39 bits per heavy atom. The Balaban J connectivity index is 1.92. The molecule has 0 saturated carbocycles. The van der Waals surface area contributed by atoms with Gasteiger partial charge in [-0.2, -0.15) is 0 Å². The van der Waals surface area contributed by atoms with E-state index in [1.165, 1.54) is 19.1 Å². The standard InChI is InChI=1S/C16H20NO2.3CH3.Sn/c1-17-12-8-9-14(17)15(16(18)19-2)13(10-12)11-6-4-3-5-7-11;;;;/h4-7,12-15H,8-10H2,1-2H3;3*1H3;/t12-,13+,14+,15-;;;;/m0..../s1. The Morgan fingerprint density at radius 1 is 1.17 bits per heavy atom. The molecule has 126 valence electrons. The molecular formula is C19H29NO2Sn. The molecule has 0 N–H and O–H groups in total. The molecule has 3 rings (SSSR count). The van der Waals surface area contributed by atoms with Gasteiger partial charge in [0.05, 0.1) is 0 Å². The number of carbonyl (C=O) groups excluding carboxylic acids is 1. The first-order chi connectivity index (χ1) is 10.8. The van der Waals surface area contributed by atoms with E-state index in [1.54, 1.807) is 3.58 Å². The van der Waals surface area contributed by atoms with E-state index in [4.69, 9.17) is 4.74 Å². The summed E-state index contributed by atoms with van der Waals surface area (Å²) in [4.78, 5) is 22.2. The van der Waals surface area contributed by atoms with Crippen LogP contribution in [0.25, 0.3) is 0 Å². The number of esters is 1. The van der Waals surface area contributed by atoms with Gasteiger partial charge in [0.2, 0.25) is 0 Å². The third kappa shape index (κ3) is 3.19. The van der Waals surface area contributed by atoms with Crippen LogP contribution in [0.5, 0.6) is 0 Å². The molecule has 4 atom stereocenters. The molecular weight excluding hydrogens is 393 g/mol. The van der Waals surface area contributed by atoms with Crippen LogP contribution >= 0.6 is 0 Å². The second kappa shape index (κ2) is 6.40. The van der Waals surface area contributed by atoms with Crippen LogP contribution in [0.3, 0.4) is 0 Å². The van der Waals surface area contributed by atoms with Gasteiger partial charge in [-0.15, -0.1) is 0 Å². The second-order valence-corrected chi connectivity index (χ2v) is 22.7. The molecule has 2 heterocycles. The maximum atomic E-state index is 12.5. The molecule has 23 heavy (non-hydrogen) atoms. The Labute approximate surface area is 144 Å².